The molecule has 3 rings (SSSR count). The molecule has 6 heteroatoms. The number of nitrogens with zero attached hydrogens (tertiary/aromatic N) is 1. The normalized spacial score (nSPS) is 10.6. The largest absolute Gasteiger partial charge is 0.497 e. The second-order valence-corrected chi connectivity index (χ2v) is 6.26. The van der Waals surface area contributed by atoms with Crippen molar-refractivity contribution in [1.82, 2.24) is 5.43 Å². The zero-order valence-electron chi connectivity index (χ0n) is 16.1. The average Bonchev–Trinajstić information content (AvgIpc) is 2.75. The van der Waals surface area contributed by atoms with Crippen LogP contribution in [0.4, 0.5) is 0 Å². The minimum Gasteiger partial charge on any atom is -0.497 e. The molecular weight excluding hydrogens is 368 g/mol. The van der Waals surface area contributed by atoms with Crippen molar-refractivity contribution in [1.29, 1.82) is 0 Å². The van der Waals surface area contributed by atoms with Gasteiger partial charge in [-0.15, -0.1) is 0 Å². The second kappa shape index (κ2) is 9.32. The zero-order valence-corrected chi connectivity index (χ0v) is 16.1. The van der Waals surface area contributed by atoms with Crippen LogP contribution >= 0.6 is 0 Å². The van der Waals surface area contributed by atoms with E-state index in [1.807, 2.05) is 19.1 Å². The maximum Gasteiger partial charge on any atom is 0.343 e. The molecule has 0 bridgehead atoms. The van der Waals surface area contributed by atoms with Crippen molar-refractivity contribution in [2.24, 2.45) is 5.10 Å². The fourth-order valence-electron chi connectivity index (χ4n) is 2.55. The van der Waals surface area contributed by atoms with Crippen LogP contribution in [0.5, 0.6) is 11.5 Å². The van der Waals surface area contributed by atoms with Crippen molar-refractivity contribution in [3.05, 3.63) is 95.1 Å². The minimum atomic E-state index is -0.416. The summed E-state index contributed by atoms with van der Waals surface area (Å²) in [5.41, 5.74) is 5.13. The Balaban J connectivity index is 1.57. The van der Waals surface area contributed by atoms with E-state index in [2.05, 4.69) is 10.5 Å². The lowest BCUT2D eigenvalue weighted by atomic mass is 10.1. The van der Waals surface area contributed by atoms with Gasteiger partial charge in [-0.05, 0) is 67.1 Å². The van der Waals surface area contributed by atoms with Crippen LogP contribution in [0, 0.1) is 6.92 Å². The number of ether oxygens (including phenoxy) is 2. The molecule has 1 amide bonds. The first-order valence-electron chi connectivity index (χ1n) is 8.91. The lowest BCUT2D eigenvalue weighted by Crippen LogP contribution is -2.17. The fourth-order valence-corrected chi connectivity index (χ4v) is 2.55. The number of esters is 1. The molecular formula is C23H20N2O4. The van der Waals surface area contributed by atoms with Gasteiger partial charge in [-0.25, -0.2) is 10.2 Å². The highest BCUT2D eigenvalue weighted by Crippen LogP contribution is 2.15. The number of benzene rings is 3. The third-order valence-corrected chi connectivity index (χ3v) is 4.06. The predicted octanol–water partition coefficient (Wildman–Crippen LogP) is 3.99. The molecule has 0 atom stereocenters. The SMILES string of the molecule is COc1cccc(C(=O)N/N=C/c2ccc(OC(=O)c3cccc(C)c3)cc2)c1. The number of amides is 1. The number of nitrogens with one attached hydrogen (secondary N) is 1. The first-order chi connectivity index (χ1) is 14.0. The van der Waals surface area contributed by atoms with E-state index in [0.29, 0.717) is 22.6 Å². The maximum atomic E-state index is 12.2. The quantitative estimate of drug-likeness (QED) is 0.300. The molecule has 0 heterocycles. The Kier molecular flexibility index (Phi) is 6.37. The molecule has 0 unspecified atom stereocenters. The van der Waals surface area contributed by atoms with Gasteiger partial charge in [-0.2, -0.15) is 5.10 Å². The zero-order chi connectivity index (χ0) is 20.6. The van der Waals surface area contributed by atoms with Crippen molar-refractivity contribution in [2.75, 3.05) is 7.11 Å². The van der Waals surface area contributed by atoms with Crippen LogP contribution in [0.3, 0.4) is 0 Å². The van der Waals surface area contributed by atoms with Gasteiger partial charge >= 0.3 is 5.97 Å². The van der Waals surface area contributed by atoms with Crippen molar-refractivity contribution in [3.63, 3.8) is 0 Å². The number of aryl methyl sites for hydroxylation is 1. The summed E-state index contributed by atoms with van der Waals surface area (Å²) >= 11 is 0. The van der Waals surface area contributed by atoms with E-state index in [9.17, 15) is 9.59 Å². The topological polar surface area (TPSA) is 77.0 Å². The summed E-state index contributed by atoms with van der Waals surface area (Å²) in [6.07, 6.45) is 1.50. The fraction of sp³-hybridized carbons (Fsp3) is 0.0870. The molecule has 29 heavy (non-hydrogen) atoms. The van der Waals surface area contributed by atoms with Crippen molar-refractivity contribution in [2.45, 2.75) is 6.92 Å². The van der Waals surface area contributed by atoms with Gasteiger partial charge in [-0.3, -0.25) is 4.79 Å². The molecule has 0 aliphatic heterocycles. The Morgan fingerprint density at radius 3 is 2.34 bits per heavy atom. The summed E-state index contributed by atoms with van der Waals surface area (Å²) in [5, 5.41) is 3.95. The number of carbonyl (C=O) groups excluding carboxylic acids is 2. The van der Waals surface area contributed by atoms with Crippen LogP contribution in [-0.4, -0.2) is 25.2 Å². The molecule has 0 aromatic heterocycles. The summed E-state index contributed by atoms with van der Waals surface area (Å²) in [6, 6.07) is 20.8. The number of methoxy groups -OCH3 is 1. The summed E-state index contributed by atoms with van der Waals surface area (Å²) < 4.78 is 10.5. The van der Waals surface area contributed by atoms with Crippen molar-refractivity contribution < 1.29 is 19.1 Å². The number of carbonyl (C=O) groups is 2. The lowest BCUT2D eigenvalue weighted by Gasteiger charge is -2.05. The van der Waals surface area contributed by atoms with Gasteiger partial charge < -0.3 is 9.47 Å². The summed E-state index contributed by atoms with van der Waals surface area (Å²) in [5.74, 6) is 0.260. The Morgan fingerprint density at radius 2 is 1.62 bits per heavy atom. The van der Waals surface area contributed by atoms with Gasteiger partial charge in [0.1, 0.15) is 11.5 Å². The number of hydrogen-bond donors (Lipinski definition) is 1. The van der Waals surface area contributed by atoms with Gasteiger partial charge in [0.15, 0.2) is 0 Å². The molecule has 0 saturated carbocycles. The summed E-state index contributed by atoms with van der Waals surface area (Å²) in [4.78, 5) is 24.3. The van der Waals surface area contributed by atoms with E-state index < -0.39 is 5.97 Å². The molecule has 0 spiro atoms. The van der Waals surface area contributed by atoms with Crippen molar-refractivity contribution >= 4 is 18.1 Å². The monoisotopic (exact) mass is 388 g/mol. The Labute approximate surface area is 168 Å². The van der Waals surface area contributed by atoms with Crippen molar-refractivity contribution in [3.8, 4) is 11.5 Å². The van der Waals surface area contributed by atoms with Crippen LogP contribution in [0.15, 0.2) is 77.9 Å². The van der Waals surface area contributed by atoms with E-state index in [-0.39, 0.29) is 5.91 Å². The van der Waals surface area contributed by atoms with Crippen LogP contribution in [0.2, 0.25) is 0 Å². The lowest BCUT2D eigenvalue weighted by molar-refractivity contribution is 0.0734. The molecule has 3 aromatic rings. The Hall–Kier alpha value is -3.93. The number of hydrogen-bond acceptors (Lipinski definition) is 5. The first kappa shape index (κ1) is 19.8. The molecule has 1 N–H and O–H groups in total. The van der Waals surface area contributed by atoms with E-state index in [1.54, 1.807) is 60.7 Å². The molecule has 0 fully saturated rings. The third-order valence-electron chi connectivity index (χ3n) is 4.06. The number of rotatable bonds is 6. The number of hydrazone groups is 1. The van der Waals surface area contributed by atoms with Crippen LogP contribution in [0.1, 0.15) is 31.8 Å². The highest BCUT2D eigenvalue weighted by Gasteiger charge is 2.08. The van der Waals surface area contributed by atoms with Gasteiger partial charge in [0.05, 0.1) is 18.9 Å². The minimum absolute atomic E-state index is 0.344. The third kappa shape index (κ3) is 5.52. The Bertz CT molecular complexity index is 1040. The smallest absolute Gasteiger partial charge is 0.343 e. The van der Waals surface area contributed by atoms with E-state index in [1.165, 1.54) is 13.3 Å². The average molecular weight is 388 g/mol. The maximum absolute atomic E-state index is 12.2. The second-order valence-electron chi connectivity index (χ2n) is 6.26. The molecule has 0 saturated heterocycles. The standard InChI is InChI=1S/C23H20N2O4/c1-16-5-3-7-19(13-16)23(27)29-20-11-9-17(10-12-20)15-24-25-22(26)18-6-4-8-21(14-18)28-2/h3-15H,1-2H3,(H,25,26)/b24-15+. The van der Waals surface area contributed by atoms with Gasteiger partial charge in [-0.1, -0.05) is 23.8 Å². The molecule has 146 valence electrons. The van der Waals surface area contributed by atoms with Crippen LogP contribution < -0.4 is 14.9 Å². The summed E-state index contributed by atoms with van der Waals surface area (Å²) in [7, 11) is 1.54. The molecule has 3 aromatic carbocycles. The van der Waals surface area contributed by atoms with Crippen LogP contribution in [0.25, 0.3) is 0 Å². The molecule has 0 aliphatic carbocycles. The molecule has 6 nitrogen and oxygen atoms in total. The summed E-state index contributed by atoms with van der Waals surface area (Å²) in [6.45, 7) is 1.91. The molecule has 0 radical (unpaired) electrons. The van der Waals surface area contributed by atoms with Gasteiger partial charge in [0.25, 0.3) is 5.91 Å². The first-order valence-corrected chi connectivity index (χ1v) is 8.91. The van der Waals surface area contributed by atoms with Crippen LogP contribution in [-0.2, 0) is 0 Å². The van der Waals surface area contributed by atoms with Gasteiger partial charge in [0.2, 0.25) is 0 Å². The van der Waals surface area contributed by atoms with Gasteiger partial charge in [0, 0.05) is 5.56 Å². The Morgan fingerprint density at radius 1 is 0.897 bits per heavy atom. The van der Waals surface area contributed by atoms with E-state index in [0.717, 1.165) is 11.1 Å². The van der Waals surface area contributed by atoms with E-state index >= 15 is 0 Å². The van der Waals surface area contributed by atoms with E-state index in [4.69, 9.17) is 9.47 Å². The highest BCUT2D eigenvalue weighted by molar-refractivity contribution is 5.95. The molecule has 0 aliphatic rings. The predicted molar refractivity (Wildman–Crippen MR) is 111 cm³/mol. The highest BCUT2D eigenvalue weighted by atomic mass is 16.5.